The van der Waals surface area contributed by atoms with Gasteiger partial charge in [0.2, 0.25) is 0 Å². The number of alkyl halides is 7. The zero-order valence-corrected chi connectivity index (χ0v) is 8.40. The van der Waals surface area contributed by atoms with Crippen LogP contribution < -0.4 is 0 Å². The van der Waals surface area contributed by atoms with Gasteiger partial charge in [-0.1, -0.05) is 0 Å². The standard InChI is InChI=1S/C5H3F6IO2/c6-4(7,8)3(5(9,10)11)13-1-2(12)14-3/h2H,1H2. The van der Waals surface area contributed by atoms with E-state index in [1.165, 1.54) is 22.6 Å². The highest BCUT2D eigenvalue weighted by Crippen LogP contribution is 2.50. The predicted molar refractivity (Wildman–Crippen MR) is 39.7 cm³/mol. The molecule has 0 aliphatic carbocycles. The van der Waals surface area contributed by atoms with Crippen LogP contribution in [0.1, 0.15) is 0 Å². The summed E-state index contributed by atoms with van der Waals surface area (Å²) in [6.07, 6.45) is -11.3. The molecule has 2 nitrogen and oxygen atoms in total. The number of hydrogen-bond acceptors (Lipinski definition) is 2. The number of ether oxygens (including phenoxy) is 2. The second-order valence-electron chi connectivity index (χ2n) is 2.45. The van der Waals surface area contributed by atoms with Gasteiger partial charge in [-0.2, -0.15) is 26.3 Å². The van der Waals surface area contributed by atoms with Crippen LogP contribution in [0, 0.1) is 0 Å². The zero-order valence-electron chi connectivity index (χ0n) is 6.25. The van der Waals surface area contributed by atoms with E-state index in [1.807, 2.05) is 0 Å². The minimum atomic E-state index is -5.63. The molecule has 1 unspecified atom stereocenters. The average molecular weight is 336 g/mol. The van der Waals surface area contributed by atoms with Crippen LogP contribution in [0.25, 0.3) is 0 Å². The normalized spacial score (nSPS) is 28.1. The van der Waals surface area contributed by atoms with Crippen molar-refractivity contribution in [1.29, 1.82) is 0 Å². The summed E-state index contributed by atoms with van der Waals surface area (Å²) < 4.78 is 78.9. The maximum absolute atomic E-state index is 12.1. The van der Waals surface area contributed by atoms with E-state index in [1.54, 1.807) is 0 Å². The Hall–Kier alpha value is 0.230. The van der Waals surface area contributed by atoms with Gasteiger partial charge in [-0.05, 0) is 22.6 Å². The molecule has 0 aromatic rings. The third kappa shape index (κ3) is 1.81. The molecule has 1 atom stereocenters. The molecule has 1 heterocycles. The second kappa shape index (κ2) is 3.37. The number of rotatable bonds is 0. The molecule has 1 fully saturated rings. The molecule has 0 bridgehead atoms. The van der Waals surface area contributed by atoms with Crippen LogP contribution in [0.5, 0.6) is 0 Å². The lowest BCUT2D eigenvalue weighted by Crippen LogP contribution is -2.57. The SMILES string of the molecule is FC(F)(F)C1(C(F)(F)F)OCC(I)O1. The average Bonchev–Trinajstić information content (AvgIpc) is 2.28. The summed E-state index contributed by atoms with van der Waals surface area (Å²) in [7, 11) is 0. The Morgan fingerprint density at radius 3 is 1.64 bits per heavy atom. The summed E-state index contributed by atoms with van der Waals surface area (Å²) in [5.41, 5.74) is 0. The highest BCUT2D eigenvalue weighted by molar-refractivity contribution is 14.1. The molecule has 14 heavy (non-hydrogen) atoms. The van der Waals surface area contributed by atoms with Crippen molar-refractivity contribution in [2.75, 3.05) is 6.61 Å². The fourth-order valence-corrected chi connectivity index (χ4v) is 1.43. The second-order valence-corrected chi connectivity index (χ2v) is 3.84. The third-order valence-corrected chi connectivity index (χ3v) is 2.07. The van der Waals surface area contributed by atoms with E-state index in [9.17, 15) is 26.3 Å². The Morgan fingerprint density at radius 1 is 1.07 bits per heavy atom. The highest BCUT2D eigenvalue weighted by Gasteiger charge is 2.77. The van der Waals surface area contributed by atoms with Crippen molar-refractivity contribution in [3.05, 3.63) is 0 Å². The molecular formula is C5H3F6IO2. The summed E-state index contributed by atoms with van der Waals surface area (Å²) in [5, 5.41) is 0. The topological polar surface area (TPSA) is 18.5 Å². The molecule has 0 amide bonds. The fraction of sp³-hybridized carbons (Fsp3) is 1.00. The van der Waals surface area contributed by atoms with Crippen LogP contribution in [0.4, 0.5) is 26.3 Å². The Morgan fingerprint density at radius 2 is 1.50 bits per heavy atom. The van der Waals surface area contributed by atoms with Crippen molar-refractivity contribution >= 4 is 22.6 Å². The van der Waals surface area contributed by atoms with Crippen molar-refractivity contribution in [2.45, 2.75) is 22.3 Å². The van der Waals surface area contributed by atoms with Gasteiger partial charge in [0.25, 0.3) is 0 Å². The summed E-state index contributed by atoms with van der Waals surface area (Å²) >= 11 is 1.29. The lowest BCUT2D eigenvalue weighted by Gasteiger charge is -2.31. The van der Waals surface area contributed by atoms with Gasteiger partial charge in [-0.3, -0.25) is 0 Å². The van der Waals surface area contributed by atoms with Gasteiger partial charge < -0.3 is 9.47 Å². The first-order valence-electron chi connectivity index (χ1n) is 3.19. The highest BCUT2D eigenvalue weighted by atomic mass is 127. The van der Waals surface area contributed by atoms with Crippen molar-refractivity contribution in [1.82, 2.24) is 0 Å². The Labute approximate surface area is 87.7 Å². The van der Waals surface area contributed by atoms with E-state index in [-0.39, 0.29) is 0 Å². The van der Waals surface area contributed by atoms with Crippen LogP contribution in [0.3, 0.4) is 0 Å². The first kappa shape index (κ1) is 12.3. The monoisotopic (exact) mass is 336 g/mol. The summed E-state index contributed by atoms with van der Waals surface area (Å²) in [4.78, 5) is 0. The van der Waals surface area contributed by atoms with Crippen molar-refractivity contribution < 1.29 is 35.8 Å². The lowest BCUT2D eigenvalue weighted by molar-refractivity contribution is -0.440. The van der Waals surface area contributed by atoms with E-state index in [0.29, 0.717) is 0 Å². The molecule has 1 saturated heterocycles. The molecule has 84 valence electrons. The van der Waals surface area contributed by atoms with Gasteiger partial charge in [0, 0.05) is 0 Å². The van der Waals surface area contributed by atoms with Crippen molar-refractivity contribution in [2.24, 2.45) is 0 Å². The maximum atomic E-state index is 12.1. The molecule has 0 N–H and O–H groups in total. The number of halogens is 7. The van der Waals surface area contributed by atoms with Gasteiger partial charge in [0.15, 0.2) is 0 Å². The molecule has 9 heteroatoms. The van der Waals surface area contributed by atoms with Gasteiger partial charge in [0.1, 0.15) is 4.11 Å². The molecule has 0 aromatic heterocycles. The molecule has 1 aliphatic rings. The summed E-state index contributed by atoms with van der Waals surface area (Å²) in [5.74, 6) is -4.47. The molecule has 0 saturated carbocycles. The van der Waals surface area contributed by atoms with Gasteiger partial charge in [0.05, 0.1) is 6.61 Å². The lowest BCUT2D eigenvalue weighted by atomic mass is 10.2. The van der Waals surface area contributed by atoms with Gasteiger partial charge in [-0.25, -0.2) is 0 Å². The summed E-state index contributed by atoms with van der Waals surface area (Å²) in [6, 6.07) is 0. The first-order valence-corrected chi connectivity index (χ1v) is 4.44. The van der Waals surface area contributed by atoms with Crippen LogP contribution in [-0.4, -0.2) is 28.9 Å². The Bertz CT molecular complexity index is 209. The van der Waals surface area contributed by atoms with E-state index in [2.05, 4.69) is 9.47 Å². The molecule has 1 aliphatic heterocycles. The van der Waals surface area contributed by atoms with Gasteiger partial charge in [-0.15, -0.1) is 0 Å². The minimum Gasteiger partial charge on any atom is -0.332 e. The molecule has 0 spiro atoms. The maximum Gasteiger partial charge on any atom is 0.453 e. The molecule has 1 rings (SSSR count). The van der Waals surface area contributed by atoms with Crippen molar-refractivity contribution in [3.63, 3.8) is 0 Å². The van der Waals surface area contributed by atoms with Crippen molar-refractivity contribution in [3.8, 4) is 0 Å². The van der Waals surface area contributed by atoms with E-state index >= 15 is 0 Å². The van der Waals surface area contributed by atoms with E-state index in [0.717, 1.165) is 0 Å². The molecule has 0 radical (unpaired) electrons. The van der Waals surface area contributed by atoms with Gasteiger partial charge >= 0.3 is 18.1 Å². The Balaban J connectivity index is 3.05. The molecule has 0 aromatic carbocycles. The Kier molecular flexibility index (Phi) is 2.96. The van der Waals surface area contributed by atoms with Crippen LogP contribution in [0.2, 0.25) is 0 Å². The van der Waals surface area contributed by atoms with Crippen LogP contribution >= 0.6 is 22.6 Å². The fourth-order valence-electron chi connectivity index (χ4n) is 0.889. The molecular weight excluding hydrogens is 333 g/mol. The van der Waals surface area contributed by atoms with E-state index in [4.69, 9.17) is 0 Å². The van der Waals surface area contributed by atoms with Crippen LogP contribution in [0.15, 0.2) is 0 Å². The minimum absolute atomic E-state index is 0.750. The summed E-state index contributed by atoms with van der Waals surface area (Å²) in [6.45, 7) is -0.750. The number of hydrogen-bond donors (Lipinski definition) is 0. The quantitative estimate of drug-likeness (QED) is 0.385. The largest absolute Gasteiger partial charge is 0.453 e. The van der Waals surface area contributed by atoms with Crippen LogP contribution in [-0.2, 0) is 9.47 Å². The predicted octanol–water partition coefficient (Wildman–Crippen LogP) is 2.62. The smallest absolute Gasteiger partial charge is 0.332 e. The first-order chi connectivity index (χ1) is 6.10. The van der Waals surface area contributed by atoms with E-state index < -0.39 is 28.9 Å². The third-order valence-electron chi connectivity index (χ3n) is 1.46. The zero-order chi connectivity index (χ0) is 11.2.